The van der Waals surface area contributed by atoms with Gasteiger partial charge in [0.2, 0.25) is 0 Å². The third-order valence-electron chi connectivity index (χ3n) is 4.38. The van der Waals surface area contributed by atoms with E-state index in [1.165, 1.54) is 24.8 Å². The summed E-state index contributed by atoms with van der Waals surface area (Å²) in [7, 11) is 0. The number of alkyl halides is 1. The van der Waals surface area contributed by atoms with Crippen molar-refractivity contribution >= 4 is 15.9 Å². The zero-order valence-corrected chi connectivity index (χ0v) is 12.7. The first-order valence-corrected chi connectivity index (χ1v) is 7.99. The van der Waals surface area contributed by atoms with Crippen LogP contribution in [0.4, 0.5) is 0 Å². The molecule has 1 aromatic carbocycles. The average molecular weight is 309 g/mol. The highest BCUT2D eigenvalue weighted by molar-refractivity contribution is 9.09. The molecule has 0 radical (unpaired) electrons. The van der Waals surface area contributed by atoms with E-state index in [2.05, 4.69) is 54.0 Å². The van der Waals surface area contributed by atoms with E-state index in [1.54, 1.807) is 0 Å². The Kier molecular flexibility index (Phi) is 3.40. The summed E-state index contributed by atoms with van der Waals surface area (Å²) in [6.45, 7) is 4.12. The summed E-state index contributed by atoms with van der Waals surface area (Å²) in [5.41, 5.74) is 1.41. The second-order valence-corrected chi connectivity index (χ2v) is 6.96. The first-order chi connectivity index (χ1) is 8.66. The standard InChI is InChI=1S/C16H21BrO/c1-10(2)18-12-8-6-11(7-9-12)16(17)15-13-4-3-5-14(13)15/h6-10,13-16H,3-5H2,1-2H3. The molecule has 0 heterocycles. The fourth-order valence-electron chi connectivity index (χ4n) is 3.54. The van der Waals surface area contributed by atoms with Gasteiger partial charge in [0.1, 0.15) is 5.75 Å². The van der Waals surface area contributed by atoms with Crippen LogP contribution >= 0.6 is 15.9 Å². The molecule has 3 atom stereocenters. The van der Waals surface area contributed by atoms with Gasteiger partial charge in [0, 0.05) is 4.83 Å². The molecule has 3 rings (SSSR count). The van der Waals surface area contributed by atoms with Gasteiger partial charge in [0.25, 0.3) is 0 Å². The Labute approximate surface area is 118 Å². The molecular formula is C16H21BrO. The highest BCUT2D eigenvalue weighted by atomic mass is 79.9. The number of hydrogen-bond acceptors (Lipinski definition) is 1. The zero-order chi connectivity index (χ0) is 12.7. The van der Waals surface area contributed by atoms with Gasteiger partial charge < -0.3 is 4.74 Å². The first kappa shape index (κ1) is 12.5. The minimum absolute atomic E-state index is 0.249. The molecule has 1 aromatic rings. The van der Waals surface area contributed by atoms with Crippen LogP contribution in [0.5, 0.6) is 5.75 Å². The SMILES string of the molecule is CC(C)Oc1ccc(C(Br)C2C3CCCC32)cc1. The van der Waals surface area contributed by atoms with Crippen LogP contribution in [0, 0.1) is 17.8 Å². The van der Waals surface area contributed by atoms with Gasteiger partial charge in [-0.15, -0.1) is 0 Å². The van der Waals surface area contributed by atoms with Gasteiger partial charge in [-0.3, -0.25) is 0 Å². The summed E-state index contributed by atoms with van der Waals surface area (Å²) in [5, 5.41) is 0. The predicted molar refractivity (Wildman–Crippen MR) is 78.2 cm³/mol. The molecule has 2 aliphatic carbocycles. The molecule has 0 saturated heterocycles. The summed E-state index contributed by atoms with van der Waals surface area (Å²) in [5.74, 6) is 3.86. The van der Waals surface area contributed by atoms with E-state index < -0.39 is 0 Å². The Balaban J connectivity index is 1.65. The molecule has 18 heavy (non-hydrogen) atoms. The number of ether oxygens (including phenoxy) is 1. The molecule has 0 aliphatic heterocycles. The van der Waals surface area contributed by atoms with E-state index in [0.29, 0.717) is 4.83 Å². The highest BCUT2D eigenvalue weighted by Gasteiger charge is 2.55. The molecule has 0 aromatic heterocycles. The number of fused-ring (bicyclic) bond motifs is 1. The van der Waals surface area contributed by atoms with Gasteiger partial charge >= 0.3 is 0 Å². The summed E-state index contributed by atoms with van der Waals surface area (Å²) >= 11 is 3.90. The lowest BCUT2D eigenvalue weighted by Gasteiger charge is -2.14. The lowest BCUT2D eigenvalue weighted by Crippen LogP contribution is -2.05. The van der Waals surface area contributed by atoms with Crippen molar-refractivity contribution in [1.29, 1.82) is 0 Å². The van der Waals surface area contributed by atoms with Crippen LogP contribution in [-0.2, 0) is 0 Å². The molecule has 0 N–H and O–H groups in total. The van der Waals surface area contributed by atoms with Crippen molar-refractivity contribution in [2.24, 2.45) is 17.8 Å². The molecule has 0 bridgehead atoms. The summed E-state index contributed by atoms with van der Waals surface area (Å²) in [6, 6.07) is 8.62. The van der Waals surface area contributed by atoms with Crippen molar-refractivity contribution in [2.45, 2.75) is 44.0 Å². The maximum absolute atomic E-state index is 5.68. The molecule has 3 unspecified atom stereocenters. The monoisotopic (exact) mass is 308 g/mol. The van der Waals surface area contributed by atoms with E-state index in [-0.39, 0.29) is 6.10 Å². The van der Waals surface area contributed by atoms with Gasteiger partial charge in [-0.1, -0.05) is 34.5 Å². The van der Waals surface area contributed by atoms with E-state index in [4.69, 9.17) is 4.74 Å². The topological polar surface area (TPSA) is 9.23 Å². The zero-order valence-electron chi connectivity index (χ0n) is 11.1. The van der Waals surface area contributed by atoms with Crippen molar-refractivity contribution < 1.29 is 4.74 Å². The molecule has 1 nitrogen and oxygen atoms in total. The van der Waals surface area contributed by atoms with Crippen molar-refractivity contribution in [3.05, 3.63) is 29.8 Å². The van der Waals surface area contributed by atoms with Crippen LogP contribution in [0.25, 0.3) is 0 Å². The Morgan fingerprint density at radius 1 is 1.11 bits per heavy atom. The second-order valence-electron chi connectivity index (χ2n) is 5.97. The van der Waals surface area contributed by atoms with Crippen molar-refractivity contribution in [3.63, 3.8) is 0 Å². The van der Waals surface area contributed by atoms with Crippen molar-refractivity contribution in [3.8, 4) is 5.75 Å². The summed E-state index contributed by atoms with van der Waals surface area (Å²) in [4.78, 5) is 0.542. The van der Waals surface area contributed by atoms with Crippen molar-refractivity contribution in [1.82, 2.24) is 0 Å². The summed E-state index contributed by atoms with van der Waals surface area (Å²) in [6.07, 6.45) is 4.60. The van der Waals surface area contributed by atoms with Crippen LogP contribution in [0.2, 0.25) is 0 Å². The molecule has 98 valence electrons. The fourth-order valence-corrected chi connectivity index (χ4v) is 4.62. The summed E-state index contributed by atoms with van der Waals surface area (Å²) < 4.78 is 5.68. The van der Waals surface area contributed by atoms with E-state index in [1.807, 2.05) is 0 Å². The third-order valence-corrected chi connectivity index (χ3v) is 5.52. The Morgan fingerprint density at radius 3 is 2.28 bits per heavy atom. The predicted octanol–water partition coefficient (Wildman–Crippen LogP) is 4.96. The van der Waals surface area contributed by atoms with Crippen LogP contribution in [0.1, 0.15) is 43.5 Å². The maximum Gasteiger partial charge on any atom is 0.119 e. The largest absolute Gasteiger partial charge is 0.491 e. The molecule has 2 saturated carbocycles. The minimum atomic E-state index is 0.249. The molecular weight excluding hydrogens is 288 g/mol. The fraction of sp³-hybridized carbons (Fsp3) is 0.625. The van der Waals surface area contributed by atoms with Gasteiger partial charge in [-0.2, -0.15) is 0 Å². The number of rotatable bonds is 4. The van der Waals surface area contributed by atoms with Gasteiger partial charge in [0.05, 0.1) is 6.10 Å². The Bertz CT molecular complexity index is 402. The molecule has 2 fully saturated rings. The molecule has 0 amide bonds. The number of benzene rings is 1. The smallest absolute Gasteiger partial charge is 0.119 e. The lowest BCUT2D eigenvalue weighted by atomic mass is 10.0. The third kappa shape index (κ3) is 2.32. The van der Waals surface area contributed by atoms with Gasteiger partial charge in [0.15, 0.2) is 0 Å². The molecule has 2 heteroatoms. The van der Waals surface area contributed by atoms with Crippen molar-refractivity contribution in [2.75, 3.05) is 0 Å². The van der Waals surface area contributed by atoms with Gasteiger partial charge in [-0.25, -0.2) is 0 Å². The van der Waals surface area contributed by atoms with E-state index in [0.717, 1.165) is 23.5 Å². The van der Waals surface area contributed by atoms with Crippen LogP contribution in [0.3, 0.4) is 0 Å². The first-order valence-electron chi connectivity index (χ1n) is 7.07. The number of hydrogen-bond donors (Lipinski definition) is 0. The quantitative estimate of drug-likeness (QED) is 0.715. The maximum atomic E-state index is 5.68. The van der Waals surface area contributed by atoms with E-state index in [9.17, 15) is 0 Å². The number of halogens is 1. The van der Waals surface area contributed by atoms with E-state index >= 15 is 0 Å². The normalized spacial score (nSPS) is 31.2. The van der Waals surface area contributed by atoms with Crippen LogP contribution in [-0.4, -0.2) is 6.10 Å². The Morgan fingerprint density at radius 2 is 1.72 bits per heavy atom. The average Bonchev–Trinajstić information content (AvgIpc) is 2.81. The van der Waals surface area contributed by atoms with Gasteiger partial charge in [-0.05, 0) is 62.1 Å². The highest BCUT2D eigenvalue weighted by Crippen LogP contribution is 2.64. The van der Waals surface area contributed by atoms with Crippen LogP contribution < -0.4 is 4.74 Å². The molecule has 2 aliphatic rings. The minimum Gasteiger partial charge on any atom is -0.491 e. The van der Waals surface area contributed by atoms with Crippen LogP contribution in [0.15, 0.2) is 24.3 Å². The molecule has 0 spiro atoms. The second kappa shape index (κ2) is 4.88. The lowest BCUT2D eigenvalue weighted by molar-refractivity contribution is 0.242. The Hall–Kier alpha value is -0.500.